The summed E-state index contributed by atoms with van der Waals surface area (Å²) in [6.07, 6.45) is 0. The van der Waals surface area contributed by atoms with Gasteiger partial charge in [-0.2, -0.15) is 0 Å². The number of rotatable bonds is 6. The molecule has 0 aliphatic carbocycles. The average Bonchev–Trinajstić information content (AvgIpc) is 3.02. The van der Waals surface area contributed by atoms with E-state index in [4.69, 9.17) is 16.0 Å². The van der Waals surface area contributed by atoms with Crippen LogP contribution in [0, 0.1) is 6.92 Å². The second-order valence-electron chi connectivity index (χ2n) is 5.93. The maximum absolute atomic E-state index is 12.3. The summed E-state index contributed by atoms with van der Waals surface area (Å²) >= 11 is 5.89. The molecule has 26 heavy (non-hydrogen) atoms. The highest BCUT2D eigenvalue weighted by Crippen LogP contribution is 2.23. The van der Waals surface area contributed by atoms with Crippen LogP contribution in [0.25, 0.3) is 0 Å². The fourth-order valence-corrected chi connectivity index (χ4v) is 2.73. The Labute approximate surface area is 156 Å². The molecule has 1 amide bonds. The highest BCUT2D eigenvalue weighted by Gasteiger charge is 2.12. The summed E-state index contributed by atoms with van der Waals surface area (Å²) in [5.74, 6) is 1.23. The minimum absolute atomic E-state index is 0.113. The summed E-state index contributed by atoms with van der Waals surface area (Å²) in [5.41, 5.74) is 1.79. The van der Waals surface area contributed by atoms with Crippen molar-refractivity contribution in [2.45, 2.75) is 20.0 Å². The van der Waals surface area contributed by atoms with Crippen LogP contribution in [0.5, 0.6) is 5.75 Å². The number of carbonyl (C=O) groups excluding carboxylic acids is 1. The first-order valence-corrected chi connectivity index (χ1v) is 8.54. The Morgan fingerprint density at radius 2 is 1.96 bits per heavy atom. The van der Waals surface area contributed by atoms with E-state index in [1.807, 2.05) is 37.3 Å². The highest BCUT2D eigenvalue weighted by molar-refractivity contribution is 6.31. The lowest BCUT2D eigenvalue weighted by molar-refractivity contribution is 0.102. The summed E-state index contributed by atoms with van der Waals surface area (Å²) in [5, 5.41) is 16.3. The number of phenols is 1. The molecule has 1 heterocycles. The monoisotopic (exact) mass is 370 g/mol. The van der Waals surface area contributed by atoms with E-state index < -0.39 is 5.91 Å². The number of furan rings is 1. The van der Waals surface area contributed by atoms with Crippen LogP contribution < -0.4 is 10.6 Å². The Balaban J connectivity index is 1.61. The summed E-state index contributed by atoms with van der Waals surface area (Å²) in [6, 6.07) is 15.7. The van der Waals surface area contributed by atoms with E-state index >= 15 is 0 Å². The molecule has 2 aromatic carbocycles. The largest absolute Gasteiger partial charge is 0.507 e. The van der Waals surface area contributed by atoms with E-state index in [1.165, 1.54) is 18.2 Å². The van der Waals surface area contributed by atoms with Gasteiger partial charge < -0.3 is 20.2 Å². The molecule has 0 unspecified atom stereocenters. The van der Waals surface area contributed by atoms with Crippen molar-refractivity contribution >= 4 is 23.2 Å². The third kappa shape index (κ3) is 4.65. The van der Waals surface area contributed by atoms with Gasteiger partial charge in [0.25, 0.3) is 5.91 Å². The number of nitrogens with one attached hydrogen (secondary N) is 2. The van der Waals surface area contributed by atoms with Crippen molar-refractivity contribution < 1.29 is 14.3 Å². The van der Waals surface area contributed by atoms with Crippen LogP contribution >= 0.6 is 11.6 Å². The number of hydrogen-bond donors (Lipinski definition) is 3. The molecule has 3 N–H and O–H groups in total. The van der Waals surface area contributed by atoms with E-state index in [1.54, 1.807) is 6.07 Å². The van der Waals surface area contributed by atoms with Crippen molar-refractivity contribution in [2.75, 3.05) is 5.32 Å². The van der Waals surface area contributed by atoms with Crippen molar-refractivity contribution in [3.63, 3.8) is 0 Å². The lowest BCUT2D eigenvalue weighted by atomic mass is 10.1. The highest BCUT2D eigenvalue weighted by atomic mass is 35.5. The molecule has 0 spiro atoms. The number of amides is 1. The zero-order valence-electron chi connectivity index (χ0n) is 14.3. The molecule has 6 heteroatoms. The standard InChI is InChI=1S/C20H19ClN2O3/c1-13-5-7-17(26-13)12-22-11-14-3-2-4-16(9-14)23-20(25)18-10-15(21)6-8-19(18)24/h2-10,22,24H,11-12H2,1H3,(H,23,25). The minimum atomic E-state index is -0.416. The maximum atomic E-state index is 12.3. The molecule has 0 fully saturated rings. The topological polar surface area (TPSA) is 74.5 Å². The SMILES string of the molecule is Cc1ccc(CNCc2cccc(NC(=O)c3cc(Cl)ccc3O)c2)o1. The molecule has 3 rings (SSSR count). The van der Waals surface area contributed by atoms with Crippen molar-refractivity contribution in [2.24, 2.45) is 0 Å². The molecule has 0 aliphatic heterocycles. The average molecular weight is 371 g/mol. The van der Waals surface area contributed by atoms with Crippen LogP contribution in [0.2, 0.25) is 5.02 Å². The molecule has 1 aromatic heterocycles. The van der Waals surface area contributed by atoms with Crippen molar-refractivity contribution in [3.8, 4) is 5.75 Å². The van der Waals surface area contributed by atoms with Gasteiger partial charge in [0.15, 0.2) is 0 Å². The van der Waals surface area contributed by atoms with Gasteiger partial charge >= 0.3 is 0 Å². The lowest BCUT2D eigenvalue weighted by Crippen LogP contribution is -2.14. The predicted molar refractivity (Wildman–Crippen MR) is 102 cm³/mol. The van der Waals surface area contributed by atoms with Gasteiger partial charge in [-0.1, -0.05) is 23.7 Å². The summed E-state index contributed by atoms with van der Waals surface area (Å²) in [7, 11) is 0. The summed E-state index contributed by atoms with van der Waals surface area (Å²) in [4.78, 5) is 12.3. The first-order chi connectivity index (χ1) is 12.5. The third-order valence-corrected chi connectivity index (χ3v) is 4.05. The number of halogens is 1. The molecule has 3 aromatic rings. The second-order valence-corrected chi connectivity index (χ2v) is 6.37. The van der Waals surface area contributed by atoms with E-state index in [-0.39, 0.29) is 11.3 Å². The molecule has 134 valence electrons. The van der Waals surface area contributed by atoms with Gasteiger partial charge in [0.05, 0.1) is 12.1 Å². The molecular weight excluding hydrogens is 352 g/mol. The second kappa shape index (κ2) is 8.08. The zero-order valence-corrected chi connectivity index (χ0v) is 15.0. The van der Waals surface area contributed by atoms with Crippen LogP contribution in [0.4, 0.5) is 5.69 Å². The quantitative estimate of drug-likeness (QED) is 0.597. The number of carbonyl (C=O) groups is 1. The van der Waals surface area contributed by atoms with Gasteiger partial charge in [-0.25, -0.2) is 0 Å². The van der Waals surface area contributed by atoms with Crippen LogP contribution in [0.3, 0.4) is 0 Å². The van der Waals surface area contributed by atoms with E-state index in [0.717, 1.165) is 17.1 Å². The number of aryl methyl sites for hydroxylation is 1. The Hall–Kier alpha value is -2.76. The number of aromatic hydroxyl groups is 1. The predicted octanol–water partition coefficient (Wildman–Crippen LogP) is 4.49. The third-order valence-electron chi connectivity index (χ3n) is 3.81. The lowest BCUT2D eigenvalue weighted by Gasteiger charge is -2.09. The van der Waals surface area contributed by atoms with Crippen molar-refractivity contribution in [1.29, 1.82) is 0 Å². The number of phenolic OH excluding ortho intramolecular Hbond substituents is 1. The molecule has 0 radical (unpaired) electrons. The molecule has 0 atom stereocenters. The molecule has 0 saturated carbocycles. The first-order valence-electron chi connectivity index (χ1n) is 8.16. The number of hydrogen-bond acceptors (Lipinski definition) is 4. The number of benzene rings is 2. The van der Waals surface area contributed by atoms with E-state index in [2.05, 4.69) is 10.6 Å². The Kier molecular flexibility index (Phi) is 5.61. The van der Waals surface area contributed by atoms with Gasteiger partial charge in [-0.3, -0.25) is 4.79 Å². The smallest absolute Gasteiger partial charge is 0.259 e. The van der Waals surface area contributed by atoms with Crippen molar-refractivity contribution in [3.05, 3.63) is 82.3 Å². The normalized spacial score (nSPS) is 10.7. The van der Waals surface area contributed by atoms with Crippen LogP contribution in [0.1, 0.15) is 27.4 Å². The van der Waals surface area contributed by atoms with Crippen LogP contribution in [-0.2, 0) is 13.1 Å². The summed E-state index contributed by atoms with van der Waals surface area (Å²) < 4.78 is 5.51. The molecule has 0 aliphatic rings. The van der Waals surface area contributed by atoms with Crippen molar-refractivity contribution in [1.82, 2.24) is 5.32 Å². The fraction of sp³-hybridized carbons (Fsp3) is 0.150. The van der Waals surface area contributed by atoms with E-state index in [9.17, 15) is 9.90 Å². The van der Waals surface area contributed by atoms with Gasteiger partial charge in [0.1, 0.15) is 17.3 Å². The van der Waals surface area contributed by atoms with E-state index in [0.29, 0.717) is 23.8 Å². The Morgan fingerprint density at radius 3 is 2.73 bits per heavy atom. The molecule has 5 nitrogen and oxygen atoms in total. The summed E-state index contributed by atoms with van der Waals surface area (Å²) in [6.45, 7) is 3.17. The molecule has 0 saturated heterocycles. The molecule has 0 bridgehead atoms. The minimum Gasteiger partial charge on any atom is -0.507 e. The number of anilines is 1. The van der Waals surface area contributed by atoms with Gasteiger partial charge in [-0.05, 0) is 55.0 Å². The van der Waals surface area contributed by atoms with Crippen LogP contribution in [-0.4, -0.2) is 11.0 Å². The van der Waals surface area contributed by atoms with Gasteiger partial charge in [-0.15, -0.1) is 0 Å². The fourth-order valence-electron chi connectivity index (χ4n) is 2.56. The van der Waals surface area contributed by atoms with Gasteiger partial charge in [0, 0.05) is 17.3 Å². The van der Waals surface area contributed by atoms with Gasteiger partial charge in [0.2, 0.25) is 0 Å². The zero-order chi connectivity index (χ0) is 18.5. The Morgan fingerprint density at radius 1 is 1.12 bits per heavy atom. The Bertz CT molecular complexity index is 921. The first kappa shape index (κ1) is 18.0. The molecular formula is C20H19ClN2O3. The maximum Gasteiger partial charge on any atom is 0.259 e. The van der Waals surface area contributed by atoms with Crippen LogP contribution in [0.15, 0.2) is 59.0 Å².